The van der Waals surface area contributed by atoms with Crippen LogP contribution < -0.4 is 4.90 Å². The number of benzene rings is 1. The molecular weight excluding hydrogens is 374 g/mol. The summed E-state index contributed by atoms with van der Waals surface area (Å²) in [4.78, 5) is 16.7. The van der Waals surface area contributed by atoms with E-state index in [4.69, 9.17) is 11.6 Å². The lowest BCUT2D eigenvalue weighted by Gasteiger charge is -2.37. The molecule has 0 spiro atoms. The average molecular weight is 400 g/mol. The van der Waals surface area contributed by atoms with E-state index < -0.39 is 10.0 Å². The summed E-state index contributed by atoms with van der Waals surface area (Å²) in [6.07, 6.45) is 4.97. The van der Waals surface area contributed by atoms with Crippen LogP contribution in [0.4, 0.5) is 5.69 Å². The zero-order valence-electron chi connectivity index (χ0n) is 15.1. The number of amides is 1. The van der Waals surface area contributed by atoms with E-state index in [2.05, 4.69) is 4.90 Å². The molecular formula is C18H26ClN3O3S. The maximum atomic E-state index is 12.7. The smallest absolute Gasteiger partial charge is 0.238 e. The van der Waals surface area contributed by atoms with Gasteiger partial charge in [-0.15, -0.1) is 0 Å². The normalized spacial score (nSPS) is 19.3. The van der Waals surface area contributed by atoms with E-state index in [-0.39, 0.29) is 18.5 Å². The number of nitrogens with zero attached hydrogens (tertiary/aromatic N) is 3. The molecule has 0 atom stereocenters. The van der Waals surface area contributed by atoms with Crippen molar-refractivity contribution < 1.29 is 13.2 Å². The second-order valence-corrected chi connectivity index (χ2v) is 9.47. The number of anilines is 1. The van der Waals surface area contributed by atoms with Gasteiger partial charge in [-0.25, -0.2) is 8.42 Å². The molecule has 1 aromatic carbocycles. The summed E-state index contributed by atoms with van der Waals surface area (Å²) in [5.74, 6) is -0.104. The summed E-state index contributed by atoms with van der Waals surface area (Å²) in [5.41, 5.74) is 1.05. The fourth-order valence-electron chi connectivity index (χ4n) is 3.83. The molecule has 1 aliphatic heterocycles. The highest BCUT2D eigenvalue weighted by Gasteiger charge is 2.32. The largest absolute Gasteiger partial charge is 0.368 e. The van der Waals surface area contributed by atoms with Crippen molar-refractivity contribution in [2.75, 3.05) is 43.9 Å². The Labute approximate surface area is 160 Å². The van der Waals surface area contributed by atoms with E-state index in [1.165, 1.54) is 10.6 Å². The molecule has 26 heavy (non-hydrogen) atoms. The van der Waals surface area contributed by atoms with Gasteiger partial charge in [0.1, 0.15) is 0 Å². The molecule has 1 aromatic rings. The molecule has 1 amide bonds. The van der Waals surface area contributed by atoms with Gasteiger partial charge in [0.2, 0.25) is 15.9 Å². The Morgan fingerprint density at radius 3 is 2.42 bits per heavy atom. The van der Waals surface area contributed by atoms with Crippen LogP contribution in [0.2, 0.25) is 5.02 Å². The van der Waals surface area contributed by atoms with Crippen LogP contribution in [0.3, 0.4) is 0 Å². The highest BCUT2D eigenvalue weighted by molar-refractivity contribution is 7.88. The van der Waals surface area contributed by atoms with Crippen LogP contribution in [0.5, 0.6) is 0 Å². The zero-order chi connectivity index (χ0) is 18.7. The Morgan fingerprint density at radius 1 is 1.19 bits per heavy atom. The van der Waals surface area contributed by atoms with Crippen LogP contribution in [0.1, 0.15) is 25.7 Å². The zero-order valence-corrected chi connectivity index (χ0v) is 16.7. The molecule has 0 radical (unpaired) electrons. The number of halogens is 1. The molecule has 8 heteroatoms. The highest BCUT2D eigenvalue weighted by atomic mass is 35.5. The van der Waals surface area contributed by atoms with Gasteiger partial charge >= 0.3 is 0 Å². The molecule has 1 saturated carbocycles. The van der Waals surface area contributed by atoms with Crippen molar-refractivity contribution in [2.45, 2.75) is 31.7 Å². The summed E-state index contributed by atoms with van der Waals surface area (Å²) in [5, 5.41) is 0.696. The summed E-state index contributed by atoms with van der Waals surface area (Å²) in [6.45, 7) is 2.57. The first-order chi connectivity index (χ1) is 12.3. The number of carbonyl (C=O) groups is 1. The van der Waals surface area contributed by atoms with E-state index >= 15 is 0 Å². The maximum absolute atomic E-state index is 12.7. The fourth-order valence-corrected chi connectivity index (χ4v) is 5.11. The van der Waals surface area contributed by atoms with E-state index in [1.807, 2.05) is 24.3 Å². The van der Waals surface area contributed by atoms with Crippen molar-refractivity contribution in [1.82, 2.24) is 9.21 Å². The third-order valence-electron chi connectivity index (χ3n) is 5.25. The molecule has 1 heterocycles. The average Bonchev–Trinajstić information content (AvgIpc) is 3.12. The lowest BCUT2D eigenvalue weighted by molar-refractivity contribution is -0.132. The van der Waals surface area contributed by atoms with Gasteiger partial charge in [0.05, 0.1) is 12.8 Å². The standard InChI is InChI=1S/C18H26ClN3O3S/c1-26(24,25)22(16-6-2-3-7-16)14-18(23)21-11-9-20(10-12-21)17-8-4-5-15(19)13-17/h4-5,8,13,16H,2-3,6-7,9-12,14H2,1H3. The quantitative estimate of drug-likeness (QED) is 0.761. The van der Waals surface area contributed by atoms with Crippen LogP contribution in [0.25, 0.3) is 0 Å². The molecule has 0 unspecified atom stereocenters. The van der Waals surface area contributed by atoms with Gasteiger partial charge in [0.15, 0.2) is 0 Å². The predicted molar refractivity (Wildman–Crippen MR) is 104 cm³/mol. The van der Waals surface area contributed by atoms with Crippen molar-refractivity contribution in [3.8, 4) is 0 Å². The molecule has 6 nitrogen and oxygen atoms in total. The van der Waals surface area contributed by atoms with Crippen molar-refractivity contribution in [3.63, 3.8) is 0 Å². The topological polar surface area (TPSA) is 60.9 Å². The third kappa shape index (κ3) is 4.69. The molecule has 0 bridgehead atoms. The minimum Gasteiger partial charge on any atom is -0.368 e. The first-order valence-electron chi connectivity index (χ1n) is 9.10. The Morgan fingerprint density at radius 2 is 1.85 bits per heavy atom. The van der Waals surface area contributed by atoms with Crippen molar-refractivity contribution in [3.05, 3.63) is 29.3 Å². The number of carbonyl (C=O) groups excluding carboxylic acids is 1. The minimum absolute atomic E-state index is 0.0262. The van der Waals surface area contributed by atoms with Crippen LogP contribution in [-0.4, -0.2) is 68.6 Å². The van der Waals surface area contributed by atoms with E-state index in [1.54, 1.807) is 4.90 Å². The van der Waals surface area contributed by atoms with Gasteiger partial charge in [0.25, 0.3) is 0 Å². The van der Waals surface area contributed by atoms with Gasteiger partial charge in [-0.3, -0.25) is 4.79 Å². The van der Waals surface area contributed by atoms with Crippen molar-refractivity contribution in [1.29, 1.82) is 0 Å². The maximum Gasteiger partial charge on any atom is 0.238 e. The Bertz CT molecular complexity index is 742. The van der Waals surface area contributed by atoms with Gasteiger partial charge < -0.3 is 9.80 Å². The SMILES string of the molecule is CS(=O)(=O)N(CC(=O)N1CCN(c2cccc(Cl)c2)CC1)C1CCCC1. The van der Waals surface area contributed by atoms with Crippen LogP contribution in [0.15, 0.2) is 24.3 Å². The number of rotatable bonds is 5. The molecule has 1 saturated heterocycles. The lowest BCUT2D eigenvalue weighted by Crippen LogP contribution is -2.52. The van der Waals surface area contributed by atoms with Gasteiger partial charge in [-0.2, -0.15) is 4.31 Å². The van der Waals surface area contributed by atoms with Crippen LogP contribution in [0, 0.1) is 0 Å². The van der Waals surface area contributed by atoms with Gasteiger partial charge in [-0.05, 0) is 31.0 Å². The molecule has 2 fully saturated rings. The Hall–Kier alpha value is -1.31. The van der Waals surface area contributed by atoms with Crippen LogP contribution in [-0.2, 0) is 14.8 Å². The molecule has 144 valence electrons. The number of hydrogen-bond donors (Lipinski definition) is 0. The van der Waals surface area contributed by atoms with Gasteiger partial charge in [0, 0.05) is 42.9 Å². The van der Waals surface area contributed by atoms with E-state index in [0.717, 1.165) is 31.4 Å². The molecule has 1 aliphatic carbocycles. The monoisotopic (exact) mass is 399 g/mol. The fraction of sp³-hybridized carbons (Fsp3) is 0.611. The summed E-state index contributed by atoms with van der Waals surface area (Å²) in [6, 6.07) is 7.66. The predicted octanol–water partition coefficient (Wildman–Crippen LogP) is 2.19. The van der Waals surface area contributed by atoms with Crippen molar-refractivity contribution in [2.24, 2.45) is 0 Å². The lowest BCUT2D eigenvalue weighted by atomic mass is 10.2. The highest BCUT2D eigenvalue weighted by Crippen LogP contribution is 2.26. The van der Waals surface area contributed by atoms with Crippen LogP contribution >= 0.6 is 11.6 Å². The minimum atomic E-state index is -3.38. The van der Waals surface area contributed by atoms with Crippen molar-refractivity contribution >= 4 is 33.2 Å². The molecule has 0 N–H and O–H groups in total. The second kappa shape index (κ2) is 8.15. The first-order valence-corrected chi connectivity index (χ1v) is 11.3. The van der Waals surface area contributed by atoms with E-state index in [0.29, 0.717) is 31.2 Å². The number of piperazine rings is 1. The Kier molecular flexibility index (Phi) is 6.10. The molecule has 2 aliphatic rings. The number of hydrogen-bond acceptors (Lipinski definition) is 4. The Balaban J connectivity index is 1.59. The first kappa shape index (κ1) is 19.5. The second-order valence-electron chi connectivity index (χ2n) is 7.09. The van der Waals surface area contributed by atoms with Gasteiger partial charge in [-0.1, -0.05) is 30.5 Å². The summed E-state index contributed by atoms with van der Waals surface area (Å²) in [7, 11) is -3.38. The molecule has 0 aromatic heterocycles. The molecule has 3 rings (SSSR count). The summed E-state index contributed by atoms with van der Waals surface area (Å²) >= 11 is 6.05. The summed E-state index contributed by atoms with van der Waals surface area (Å²) < 4.78 is 25.7. The third-order valence-corrected chi connectivity index (χ3v) is 6.77. The number of sulfonamides is 1. The van der Waals surface area contributed by atoms with E-state index in [9.17, 15) is 13.2 Å².